The van der Waals surface area contributed by atoms with Gasteiger partial charge in [0.25, 0.3) is 0 Å². The summed E-state index contributed by atoms with van der Waals surface area (Å²) >= 11 is 0. The number of ether oxygens (including phenoxy) is 1. The highest BCUT2D eigenvalue weighted by Gasteiger charge is 2.12. The molecule has 3 rings (SSSR count). The summed E-state index contributed by atoms with van der Waals surface area (Å²) in [5, 5.41) is 4.46. The molecule has 0 fully saturated rings. The summed E-state index contributed by atoms with van der Waals surface area (Å²) in [6, 6.07) is 6.30. The van der Waals surface area contributed by atoms with Gasteiger partial charge in [0.1, 0.15) is 23.1 Å². The van der Waals surface area contributed by atoms with Gasteiger partial charge in [-0.1, -0.05) is 6.92 Å². The molecule has 104 valence electrons. The van der Waals surface area contributed by atoms with Gasteiger partial charge in [0.15, 0.2) is 5.82 Å². The lowest BCUT2D eigenvalue weighted by Crippen LogP contribution is -2.14. The second kappa shape index (κ2) is 5.00. The number of nitrogens with one attached hydrogen (secondary N) is 2. The smallest absolute Gasteiger partial charge is 0.154 e. The van der Waals surface area contributed by atoms with E-state index < -0.39 is 0 Å². The third kappa shape index (κ3) is 2.05. The monoisotopic (exact) mass is 270 g/mol. The molecule has 2 aromatic heterocycles. The number of nitrogens with zero attached hydrogens (tertiary/aromatic N) is 2. The van der Waals surface area contributed by atoms with Crippen molar-refractivity contribution < 1.29 is 4.74 Å². The minimum absolute atomic E-state index is 0.369. The quantitative estimate of drug-likeness (QED) is 0.763. The molecule has 1 aromatic carbocycles. The van der Waals surface area contributed by atoms with Crippen LogP contribution in [0.4, 0.5) is 5.82 Å². The Morgan fingerprint density at radius 2 is 2.20 bits per heavy atom. The molecule has 1 atom stereocenters. The van der Waals surface area contributed by atoms with Gasteiger partial charge in [-0.3, -0.25) is 0 Å². The predicted octanol–water partition coefficient (Wildman–Crippen LogP) is 3.33. The average Bonchev–Trinajstić information content (AvgIpc) is 2.86. The summed E-state index contributed by atoms with van der Waals surface area (Å²) in [6.45, 7) is 4.28. The number of fused-ring (bicyclic) bond motifs is 3. The molecule has 20 heavy (non-hydrogen) atoms. The zero-order valence-corrected chi connectivity index (χ0v) is 11.9. The minimum atomic E-state index is 0.369. The van der Waals surface area contributed by atoms with Crippen molar-refractivity contribution in [1.82, 2.24) is 15.0 Å². The first-order valence-electron chi connectivity index (χ1n) is 6.80. The van der Waals surface area contributed by atoms with E-state index in [1.807, 2.05) is 18.2 Å². The van der Waals surface area contributed by atoms with Gasteiger partial charge < -0.3 is 15.0 Å². The molecular weight excluding hydrogens is 252 g/mol. The van der Waals surface area contributed by atoms with Gasteiger partial charge in [0.05, 0.1) is 7.11 Å². The molecule has 0 saturated carbocycles. The lowest BCUT2D eigenvalue weighted by Gasteiger charge is -2.11. The number of aromatic amines is 1. The molecule has 2 N–H and O–H groups in total. The van der Waals surface area contributed by atoms with Crippen LogP contribution in [0.3, 0.4) is 0 Å². The average molecular weight is 270 g/mol. The standard InChI is InChI=1S/C15H18N4O/c1-4-9(2)18-15-14-13(16-8-17-15)11-7-10(20-3)5-6-12(11)19-14/h5-9,19H,4H2,1-3H3,(H,16,17,18). The van der Waals surface area contributed by atoms with Crippen LogP contribution in [0.5, 0.6) is 5.75 Å². The van der Waals surface area contributed by atoms with E-state index in [1.54, 1.807) is 13.4 Å². The summed E-state index contributed by atoms with van der Waals surface area (Å²) in [4.78, 5) is 12.1. The Labute approximate surface area is 117 Å². The van der Waals surface area contributed by atoms with E-state index in [9.17, 15) is 0 Å². The van der Waals surface area contributed by atoms with Gasteiger partial charge in [0.2, 0.25) is 0 Å². The lowest BCUT2D eigenvalue weighted by atomic mass is 10.2. The molecule has 0 saturated heterocycles. The van der Waals surface area contributed by atoms with Crippen LogP contribution < -0.4 is 10.1 Å². The van der Waals surface area contributed by atoms with Gasteiger partial charge in [-0.15, -0.1) is 0 Å². The molecule has 3 aromatic rings. The topological polar surface area (TPSA) is 62.8 Å². The number of rotatable bonds is 4. The van der Waals surface area contributed by atoms with Crippen molar-refractivity contribution in [3.63, 3.8) is 0 Å². The van der Waals surface area contributed by atoms with Crippen molar-refractivity contribution in [2.75, 3.05) is 12.4 Å². The molecule has 5 nitrogen and oxygen atoms in total. The normalized spacial score (nSPS) is 12.8. The molecule has 0 radical (unpaired) electrons. The molecule has 0 aliphatic carbocycles. The fourth-order valence-electron chi connectivity index (χ4n) is 2.24. The Hall–Kier alpha value is -2.30. The van der Waals surface area contributed by atoms with Crippen LogP contribution in [0.2, 0.25) is 0 Å². The van der Waals surface area contributed by atoms with Crippen molar-refractivity contribution >= 4 is 27.8 Å². The molecule has 0 aliphatic heterocycles. The number of hydrogen-bond donors (Lipinski definition) is 2. The first kappa shape index (κ1) is 12.7. The Morgan fingerprint density at radius 1 is 1.35 bits per heavy atom. The molecule has 5 heteroatoms. The second-order valence-electron chi connectivity index (χ2n) is 4.94. The van der Waals surface area contributed by atoms with Crippen molar-refractivity contribution in [3.05, 3.63) is 24.5 Å². The summed E-state index contributed by atoms with van der Waals surface area (Å²) in [6.07, 6.45) is 2.64. The lowest BCUT2D eigenvalue weighted by molar-refractivity contribution is 0.415. The number of anilines is 1. The van der Waals surface area contributed by atoms with Crippen molar-refractivity contribution in [2.45, 2.75) is 26.3 Å². The van der Waals surface area contributed by atoms with Crippen LogP contribution in [0.1, 0.15) is 20.3 Å². The maximum Gasteiger partial charge on any atom is 0.154 e. The molecule has 0 bridgehead atoms. The fourth-order valence-corrected chi connectivity index (χ4v) is 2.24. The van der Waals surface area contributed by atoms with Crippen LogP contribution in [0.15, 0.2) is 24.5 Å². The SMILES string of the molecule is CCC(C)Nc1ncnc2c1[nH]c1ccc(OC)cc12. The number of H-pyrrole nitrogens is 1. The molecule has 0 aliphatic rings. The number of aromatic nitrogens is 3. The highest BCUT2D eigenvalue weighted by Crippen LogP contribution is 2.30. The van der Waals surface area contributed by atoms with E-state index in [0.717, 1.165) is 39.9 Å². The molecule has 1 unspecified atom stereocenters. The van der Waals surface area contributed by atoms with Gasteiger partial charge in [-0.2, -0.15) is 0 Å². The van der Waals surface area contributed by atoms with Gasteiger partial charge in [-0.25, -0.2) is 9.97 Å². The van der Waals surface area contributed by atoms with Crippen LogP contribution in [-0.4, -0.2) is 28.1 Å². The van der Waals surface area contributed by atoms with E-state index in [-0.39, 0.29) is 0 Å². The maximum absolute atomic E-state index is 5.28. The zero-order chi connectivity index (χ0) is 14.1. The Balaban J connectivity index is 2.19. The van der Waals surface area contributed by atoms with Crippen LogP contribution in [-0.2, 0) is 0 Å². The summed E-state index contributed by atoms with van der Waals surface area (Å²) < 4.78 is 5.28. The molecule has 2 heterocycles. The van der Waals surface area contributed by atoms with Crippen LogP contribution in [0, 0.1) is 0 Å². The van der Waals surface area contributed by atoms with E-state index in [0.29, 0.717) is 6.04 Å². The zero-order valence-electron chi connectivity index (χ0n) is 11.9. The summed E-state index contributed by atoms with van der Waals surface area (Å²) in [5.41, 5.74) is 2.89. The first-order valence-corrected chi connectivity index (χ1v) is 6.80. The summed E-state index contributed by atoms with van der Waals surface area (Å²) in [7, 11) is 1.67. The Kier molecular flexibility index (Phi) is 3.18. The Bertz CT molecular complexity index is 750. The van der Waals surface area contributed by atoms with Gasteiger partial charge in [-0.05, 0) is 31.5 Å². The highest BCUT2D eigenvalue weighted by molar-refractivity contribution is 6.08. The number of hydrogen-bond acceptors (Lipinski definition) is 4. The molecule has 0 spiro atoms. The predicted molar refractivity (Wildman–Crippen MR) is 81.3 cm³/mol. The highest BCUT2D eigenvalue weighted by atomic mass is 16.5. The van der Waals surface area contributed by atoms with Crippen LogP contribution in [0.25, 0.3) is 21.9 Å². The third-order valence-electron chi connectivity index (χ3n) is 3.58. The van der Waals surface area contributed by atoms with Crippen molar-refractivity contribution in [3.8, 4) is 5.75 Å². The maximum atomic E-state index is 5.28. The number of benzene rings is 1. The van der Waals surface area contributed by atoms with E-state index in [4.69, 9.17) is 4.74 Å². The van der Waals surface area contributed by atoms with Crippen molar-refractivity contribution in [1.29, 1.82) is 0 Å². The third-order valence-corrected chi connectivity index (χ3v) is 3.58. The number of methoxy groups -OCH3 is 1. The van der Waals surface area contributed by atoms with Gasteiger partial charge >= 0.3 is 0 Å². The molecular formula is C15H18N4O. The van der Waals surface area contributed by atoms with E-state index >= 15 is 0 Å². The Morgan fingerprint density at radius 3 is 2.95 bits per heavy atom. The fraction of sp³-hybridized carbons (Fsp3) is 0.333. The van der Waals surface area contributed by atoms with E-state index in [1.165, 1.54) is 0 Å². The van der Waals surface area contributed by atoms with Crippen LogP contribution >= 0.6 is 0 Å². The summed E-state index contributed by atoms with van der Waals surface area (Å²) in [5.74, 6) is 1.67. The first-order chi connectivity index (χ1) is 9.72. The van der Waals surface area contributed by atoms with E-state index in [2.05, 4.69) is 34.1 Å². The van der Waals surface area contributed by atoms with Gasteiger partial charge in [0, 0.05) is 16.9 Å². The minimum Gasteiger partial charge on any atom is -0.497 e. The second-order valence-corrected chi connectivity index (χ2v) is 4.94. The molecule has 0 amide bonds. The largest absolute Gasteiger partial charge is 0.497 e. The van der Waals surface area contributed by atoms with Crippen molar-refractivity contribution in [2.24, 2.45) is 0 Å².